The predicted octanol–water partition coefficient (Wildman–Crippen LogP) is 2.19. The van der Waals surface area contributed by atoms with E-state index in [-0.39, 0.29) is 35.5 Å². The van der Waals surface area contributed by atoms with Gasteiger partial charge in [0.1, 0.15) is 5.83 Å². The van der Waals surface area contributed by atoms with E-state index in [1.54, 1.807) is 6.08 Å². The second kappa shape index (κ2) is 3.47. The summed E-state index contributed by atoms with van der Waals surface area (Å²) in [4.78, 5) is 11.7. The quantitative estimate of drug-likeness (QED) is 0.704. The van der Waals surface area contributed by atoms with E-state index < -0.39 is 0 Å². The lowest BCUT2D eigenvalue weighted by Gasteiger charge is -2.23. The van der Waals surface area contributed by atoms with Crippen LogP contribution in [0.25, 0.3) is 0 Å². The van der Waals surface area contributed by atoms with Crippen molar-refractivity contribution in [3.63, 3.8) is 0 Å². The van der Waals surface area contributed by atoms with Crippen LogP contribution in [0.1, 0.15) is 20.8 Å². The molecule has 2 aliphatic rings. The average molecular weight is 209 g/mol. The van der Waals surface area contributed by atoms with Gasteiger partial charge in [-0.1, -0.05) is 20.8 Å². The van der Waals surface area contributed by atoms with Crippen molar-refractivity contribution in [1.82, 2.24) is 5.32 Å². The van der Waals surface area contributed by atoms with Crippen LogP contribution in [0.15, 0.2) is 23.6 Å². The van der Waals surface area contributed by atoms with E-state index in [4.69, 9.17) is 0 Å². The average Bonchev–Trinajstić information content (AvgIpc) is 2.41. The minimum atomic E-state index is -0.212. The molecule has 0 bridgehead atoms. The lowest BCUT2D eigenvalue weighted by Crippen LogP contribution is -2.32. The van der Waals surface area contributed by atoms with Crippen molar-refractivity contribution in [1.29, 1.82) is 0 Å². The Hall–Kier alpha value is -1.12. The molecule has 3 atom stereocenters. The van der Waals surface area contributed by atoms with Crippen LogP contribution in [0.3, 0.4) is 0 Å². The molecule has 15 heavy (non-hydrogen) atoms. The van der Waals surface area contributed by atoms with Crippen LogP contribution < -0.4 is 5.32 Å². The molecule has 3 heteroatoms. The van der Waals surface area contributed by atoms with E-state index >= 15 is 0 Å². The van der Waals surface area contributed by atoms with Crippen LogP contribution in [0.2, 0.25) is 0 Å². The Bertz CT molecular complexity index is 357. The summed E-state index contributed by atoms with van der Waals surface area (Å²) in [7, 11) is 0. The molecule has 1 aliphatic heterocycles. The Kier molecular flexibility index (Phi) is 2.41. The van der Waals surface area contributed by atoms with Crippen molar-refractivity contribution in [2.45, 2.75) is 26.8 Å². The molecular formula is C12H16FNO. The van der Waals surface area contributed by atoms with Gasteiger partial charge in [0, 0.05) is 5.92 Å². The van der Waals surface area contributed by atoms with Crippen molar-refractivity contribution >= 4 is 5.91 Å². The number of hydrogen-bond acceptors (Lipinski definition) is 1. The zero-order valence-corrected chi connectivity index (χ0v) is 9.25. The highest BCUT2D eigenvalue weighted by atomic mass is 19.1. The van der Waals surface area contributed by atoms with E-state index in [2.05, 4.69) is 5.32 Å². The highest BCUT2D eigenvalue weighted by Gasteiger charge is 2.42. The number of fused-ring (bicyclic) bond motifs is 1. The third-order valence-electron chi connectivity index (χ3n) is 3.22. The molecule has 2 nitrogen and oxygen atoms in total. The third kappa shape index (κ3) is 1.60. The molecule has 1 fully saturated rings. The first kappa shape index (κ1) is 10.4. The monoisotopic (exact) mass is 209 g/mol. The largest absolute Gasteiger partial charge is 0.348 e. The lowest BCUT2D eigenvalue weighted by molar-refractivity contribution is -0.123. The van der Waals surface area contributed by atoms with Crippen LogP contribution >= 0.6 is 0 Å². The Labute approximate surface area is 89.2 Å². The van der Waals surface area contributed by atoms with Gasteiger partial charge in [-0.3, -0.25) is 4.79 Å². The van der Waals surface area contributed by atoms with Gasteiger partial charge in [-0.2, -0.15) is 0 Å². The number of halogens is 1. The molecule has 0 aromatic rings. The summed E-state index contributed by atoms with van der Waals surface area (Å²) in [5, 5.41) is 2.94. The van der Waals surface area contributed by atoms with Crippen molar-refractivity contribution in [3.8, 4) is 0 Å². The molecule has 0 aromatic heterocycles. The van der Waals surface area contributed by atoms with Gasteiger partial charge in [-0.25, -0.2) is 4.39 Å². The Morgan fingerprint density at radius 2 is 2.13 bits per heavy atom. The summed E-state index contributed by atoms with van der Waals surface area (Å²) < 4.78 is 13.3. The minimum Gasteiger partial charge on any atom is -0.348 e. The highest BCUT2D eigenvalue weighted by molar-refractivity contribution is 5.87. The summed E-state index contributed by atoms with van der Waals surface area (Å²) >= 11 is 0. The van der Waals surface area contributed by atoms with Crippen molar-refractivity contribution in [2.75, 3.05) is 0 Å². The Morgan fingerprint density at radius 3 is 2.73 bits per heavy atom. The highest BCUT2D eigenvalue weighted by Crippen LogP contribution is 2.36. The van der Waals surface area contributed by atoms with Crippen molar-refractivity contribution in [2.24, 2.45) is 17.8 Å². The number of carbonyl (C=O) groups is 1. The molecule has 0 radical (unpaired) electrons. The molecule has 1 aliphatic carbocycles. The molecular weight excluding hydrogens is 193 g/mol. The lowest BCUT2D eigenvalue weighted by atomic mass is 9.81. The van der Waals surface area contributed by atoms with Gasteiger partial charge in [-0.15, -0.1) is 0 Å². The van der Waals surface area contributed by atoms with E-state index in [9.17, 15) is 9.18 Å². The van der Waals surface area contributed by atoms with Crippen LogP contribution in [-0.2, 0) is 4.79 Å². The van der Waals surface area contributed by atoms with Crippen LogP contribution in [0.4, 0.5) is 4.39 Å². The van der Waals surface area contributed by atoms with Gasteiger partial charge in [0.2, 0.25) is 5.91 Å². The number of carbonyl (C=O) groups excluding carboxylic acids is 1. The van der Waals surface area contributed by atoms with Crippen LogP contribution in [0, 0.1) is 17.8 Å². The minimum absolute atomic E-state index is 0.00407. The summed E-state index contributed by atoms with van der Waals surface area (Å²) in [6.45, 7) is 5.92. The number of amides is 1. The van der Waals surface area contributed by atoms with Gasteiger partial charge in [0.15, 0.2) is 0 Å². The fourth-order valence-corrected chi connectivity index (χ4v) is 2.53. The van der Waals surface area contributed by atoms with Gasteiger partial charge in [0.25, 0.3) is 0 Å². The first-order chi connectivity index (χ1) is 7.00. The maximum absolute atomic E-state index is 13.3. The second-order valence-corrected chi connectivity index (χ2v) is 4.76. The molecule has 1 heterocycles. The molecule has 1 amide bonds. The van der Waals surface area contributed by atoms with Crippen LogP contribution in [0.5, 0.6) is 0 Å². The molecule has 82 valence electrons. The summed E-state index contributed by atoms with van der Waals surface area (Å²) in [5.74, 6) is -0.0546. The number of rotatable bonds is 1. The molecule has 0 saturated carbocycles. The number of hydrogen-bond donors (Lipinski definition) is 1. The van der Waals surface area contributed by atoms with E-state index in [1.807, 2.05) is 20.8 Å². The topological polar surface area (TPSA) is 29.1 Å². The fraction of sp³-hybridized carbons (Fsp3) is 0.583. The zero-order chi connectivity index (χ0) is 11.2. The second-order valence-electron chi connectivity index (χ2n) is 4.76. The van der Waals surface area contributed by atoms with Gasteiger partial charge in [-0.05, 0) is 23.6 Å². The first-order valence-corrected chi connectivity index (χ1v) is 5.40. The molecule has 0 spiro atoms. The van der Waals surface area contributed by atoms with Crippen molar-refractivity contribution < 1.29 is 9.18 Å². The van der Waals surface area contributed by atoms with Gasteiger partial charge >= 0.3 is 0 Å². The SMILES string of the molecule is CC(C)C1C(=O)NC2C1=CC(F)=CC2C. The van der Waals surface area contributed by atoms with Crippen LogP contribution in [-0.4, -0.2) is 11.9 Å². The third-order valence-corrected chi connectivity index (χ3v) is 3.22. The zero-order valence-electron chi connectivity index (χ0n) is 9.25. The normalized spacial score (nSPS) is 34.7. The first-order valence-electron chi connectivity index (χ1n) is 5.40. The van der Waals surface area contributed by atoms with Gasteiger partial charge < -0.3 is 5.32 Å². The maximum atomic E-state index is 13.3. The Balaban J connectivity index is 2.38. The fourth-order valence-electron chi connectivity index (χ4n) is 2.53. The van der Waals surface area contributed by atoms with E-state index in [1.165, 1.54) is 6.08 Å². The van der Waals surface area contributed by atoms with E-state index in [0.29, 0.717) is 0 Å². The summed E-state index contributed by atoms with van der Waals surface area (Å²) in [5.41, 5.74) is 0.919. The maximum Gasteiger partial charge on any atom is 0.228 e. The molecule has 1 saturated heterocycles. The smallest absolute Gasteiger partial charge is 0.228 e. The number of nitrogens with one attached hydrogen (secondary N) is 1. The molecule has 3 unspecified atom stereocenters. The van der Waals surface area contributed by atoms with Gasteiger partial charge in [0.05, 0.1) is 12.0 Å². The summed E-state index contributed by atoms with van der Waals surface area (Å²) in [6, 6.07) is 0.00407. The standard InChI is InChI=1S/C12H16FNO/c1-6(2)10-9-5-8(13)4-7(3)11(9)14-12(10)15/h4-7,10-11H,1-3H3,(H,14,15). The molecule has 1 N–H and O–H groups in total. The number of allylic oxidation sites excluding steroid dienone is 2. The molecule has 0 aromatic carbocycles. The Morgan fingerprint density at radius 1 is 1.47 bits per heavy atom. The summed E-state index contributed by atoms with van der Waals surface area (Å²) in [6.07, 6.45) is 3.09. The molecule has 2 rings (SSSR count). The predicted molar refractivity (Wildman–Crippen MR) is 56.7 cm³/mol. The van der Waals surface area contributed by atoms with Crippen molar-refractivity contribution in [3.05, 3.63) is 23.6 Å². The van der Waals surface area contributed by atoms with E-state index in [0.717, 1.165) is 5.57 Å².